The number of hydrogen-bond donors (Lipinski definition) is 2. The van der Waals surface area contributed by atoms with Gasteiger partial charge in [-0.1, -0.05) is 19.1 Å². The highest BCUT2D eigenvalue weighted by Gasteiger charge is 2.09. The zero-order chi connectivity index (χ0) is 17.8. The summed E-state index contributed by atoms with van der Waals surface area (Å²) < 4.78 is 1.43. The number of rotatable bonds is 6. The van der Waals surface area contributed by atoms with Crippen LogP contribution in [0.1, 0.15) is 23.1 Å². The predicted octanol–water partition coefficient (Wildman–Crippen LogP) is 2.02. The minimum Gasteiger partial charge on any atom is -0.351 e. The first-order chi connectivity index (χ1) is 12.1. The molecule has 0 unspecified atom stereocenters. The number of nitrogens with zero attached hydrogens (tertiary/aromatic N) is 1. The van der Waals surface area contributed by atoms with Crippen LogP contribution in [0, 0.1) is 0 Å². The fourth-order valence-electron chi connectivity index (χ4n) is 2.66. The van der Waals surface area contributed by atoms with E-state index < -0.39 is 11.2 Å². The molecule has 3 rings (SSSR count). The molecular formula is C18H19N3O3S. The topological polar surface area (TPSA) is 84.0 Å². The Morgan fingerprint density at radius 1 is 1.16 bits per heavy atom. The van der Waals surface area contributed by atoms with E-state index in [1.165, 1.54) is 9.44 Å². The maximum atomic E-state index is 12.1. The molecule has 0 saturated heterocycles. The molecule has 0 atom stereocenters. The lowest BCUT2D eigenvalue weighted by Gasteiger charge is -2.09. The Hall–Kier alpha value is -2.67. The zero-order valence-corrected chi connectivity index (χ0v) is 14.7. The summed E-state index contributed by atoms with van der Waals surface area (Å²) in [4.78, 5) is 40.7. The lowest BCUT2D eigenvalue weighted by Crippen LogP contribution is -2.32. The van der Waals surface area contributed by atoms with Gasteiger partial charge in [-0.25, -0.2) is 4.79 Å². The Labute approximate surface area is 148 Å². The van der Waals surface area contributed by atoms with Gasteiger partial charge in [0.1, 0.15) is 0 Å². The first-order valence-corrected chi connectivity index (χ1v) is 8.96. The minimum absolute atomic E-state index is 0.131. The average molecular weight is 357 g/mol. The van der Waals surface area contributed by atoms with E-state index in [-0.39, 0.29) is 18.9 Å². The third-order valence-corrected chi connectivity index (χ3v) is 5.22. The van der Waals surface area contributed by atoms with Gasteiger partial charge in [0.2, 0.25) is 5.91 Å². The second-order valence-electron chi connectivity index (χ2n) is 5.68. The maximum absolute atomic E-state index is 12.1. The van der Waals surface area contributed by atoms with Gasteiger partial charge in [0.25, 0.3) is 5.56 Å². The monoisotopic (exact) mass is 357 g/mol. The van der Waals surface area contributed by atoms with Crippen molar-refractivity contribution in [3.8, 4) is 0 Å². The number of carbonyl (C=O) groups excluding carboxylic acids is 1. The van der Waals surface area contributed by atoms with Crippen molar-refractivity contribution in [2.45, 2.75) is 32.9 Å². The highest BCUT2D eigenvalue weighted by molar-refractivity contribution is 7.11. The molecule has 1 aromatic carbocycles. The number of aromatic nitrogens is 2. The molecule has 0 spiro atoms. The van der Waals surface area contributed by atoms with E-state index in [4.69, 9.17) is 0 Å². The van der Waals surface area contributed by atoms with E-state index in [9.17, 15) is 14.4 Å². The molecule has 2 heterocycles. The second-order valence-corrected chi connectivity index (χ2v) is 6.93. The summed E-state index contributed by atoms with van der Waals surface area (Å²) in [6.45, 7) is 2.80. The van der Waals surface area contributed by atoms with E-state index >= 15 is 0 Å². The Balaban J connectivity index is 1.67. The summed E-state index contributed by atoms with van der Waals surface area (Å²) in [5.41, 5.74) is -0.372. The minimum atomic E-state index is -0.498. The van der Waals surface area contributed by atoms with Crippen LogP contribution in [0.2, 0.25) is 0 Å². The van der Waals surface area contributed by atoms with E-state index in [2.05, 4.69) is 23.3 Å². The summed E-state index contributed by atoms with van der Waals surface area (Å²) in [6.07, 6.45) is 1.16. The molecule has 25 heavy (non-hydrogen) atoms. The summed E-state index contributed by atoms with van der Waals surface area (Å²) in [5, 5.41) is 3.31. The number of aromatic amines is 1. The summed E-state index contributed by atoms with van der Waals surface area (Å²) in [7, 11) is 0. The summed E-state index contributed by atoms with van der Waals surface area (Å²) in [5.74, 6) is -0.131. The highest BCUT2D eigenvalue weighted by atomic mass is 32.1. The number of fused-ring (bicyclic) bond motifs is 1. The second kappa shape index (κ2) is 7.48. The smallest absolute Gasteiger partial charge is 0.328 e. The summed E-state index contributed by atoms with van der Waals surface area (Å²) in [6, 6.07) is 11.0. The largest absolute Gasteiger partial charge is 0.351 e. The lowest BCUT2D eigenvalue weighted by molar-refractivity contribution is -0.121. The van der Waals surface area contributed by atoms with Crippen LogP contribution in [0.25, 0.3) is 10.9 Å². The molecule has 0 bridgehead atoms. The molecule has 130 valence electrons. The van der Waals surface area contributed by atoms with Crippen LogP contribution < -0.4 is 16.6 Å². The van der Waals surface area contributed by atoms with Crippen LogP contribution in [0.3, 0.4) is 0 Å². The van der Waals surface area contributed by atoms with Crippen molar-refractivity contribution < 1.29 is 4.79 Å². The number of para-hydroxylation sites is 1. The maximum Gasteiger partial charge on any atom is 0.328 e. The van der Waals surface area contributed by atoms with E-state index in [0.717, 1.165) is 11.3 Å². The van der Waals surface area contributed by atoms with Gasteiger partial charge in [-0.3, -0.25) is 19.1 Å². The van der Waals surface area contributed by atoms with Gasteiger partial charge >= 0.3 is 5.69 Å². The standard InChI is InChI=1S/C18H19N3O3S/c1-2-12-7-8-13(25-12)11-19-16(22)9-10-21-15-6-4-3-5-14(15)17(23)20-18(21)24/h3-8H,2,9-11H2,1H3,(H,19,22)(H,20,23,24). The predicted molar refractivity (Wildman–Crippen MR) is 99.0 cm³/mol. The number of H-pyrrole nitrogens is 1. The number of hydrogen-bond acceptors (Lipinski definition) is 4. The first kappa shape index (κ1) is 17.2. The molecule has 2 N–H and O–H groups in total. The van der Waals surface area contributed by atoms with Crippen molar-refractivity contribution in [2.75, 3.05) is 0 Å². The average Bonchev–Trinajstić information content (AvgIpc) is 3.08. The molecule has 3 aromatic rings. The van der Waals surface area contributed by atoms with Crippen LogP contribution in [-0.4, -0.2) is 15.5 Å². The SMILES string of the molecule is CCc1ccc(CNC(=O)CCn2c(=O)[nH]c(=O)c3ccccc32)s1. The molecular weight excluding hydrogens is 338 g/mol. The van der Waals surface area contributed by atoms with Crippen molar-refractivity contribution in [1.29, 1.82) is 0 Å². The van der Waals surface area contributed by atoms with Crippen molar-refractivity contribution in [1.82, 2.24) is 14.9 Å². The lowest BCUT2D eigenvalue weighted by atomic mass is 10.2. The van der Waals surface area contributed by atoms with Crippen molar-refractivity contribution in [3.63, 3.8) is 0 Å². The third kappa shape index (κ3) is 3.88. The first-order valence-electron chi connectivity index (χ1n) is 8.14. The van der Waals surface area contributed by atoms with Gasteiger partial charge in [0.05, 0.1) is 17.4 Å². The molecule has 0 aliphatic carbocycles. The third-order valence-electron chi connectivity index (χ3n) is 3.99. The van der Waals surface area contributed by atoms with Gasteiger partial charge < -0.3 is 5.32 Å². The van der Waals surface area contributed by atoms with Crippen LogP contribution >= 0.6 is 11.3 Å². The van der Waals surface area contributed by atoms with Crippen LogP contribution in [0.4, 0.5) is 0 Å². The number of carbonyl (C=O) groups is 1. The molecule has 0 fully saturated rings. The quantitative estimate of drug-likeness (QED) is 0.708. The van der Waals surface area contributed by atoms with Crippen LogP contribution in [-0.2, 0) is 24.3 Å². The summed E-state index contributed by atoms with van der Waals surface area (Å²) >= 11 is 1.69. The molecule has 0 saturated carbocycles. The number of amides is 1. The van der Waals surface area contributed by atoms with Gasteiger partial charge in [-0.2, -0.15) is 0 Å². The van der Waals surface area contributed by atoms with Gasteiger partial charge in [-0.15, -0.1) is 11.3 Å². The Kier molecular flexibility index (Phi) is 5.14. The van der Waals surface area contributed by atoms with Crippen LogP contribution in [0.15, 0.2) is 46.0 Å². The van der Waals surface area contributed by atoms with Crippen LogP contribution in [0.5, 0.6) is 0 Å². The molecule has 7 heteroatoms. The Morgan fingerprint density at radius 3 is 2.68 bits per heavy atom. The Morgan fingerprint density at radius 2 is 1.92 bits per heavy atom. The number of thiophene rings is 1. The number of nitrogens with one attached hydrogen (secondary N) is 2. The highest BCUT2D eigenvalue weighted by Crippen LogP contribution is 2.16. The fraction of sp³-hybridized carbons (Fsp3) is 0.278. The molecule has 2 aromatic heterocycles. The molecule has 0 aliphatic rings. The molecule has 0 aliphatic heterocycles. The van der Waals surface area contributed by atoms with E-state index in [1.807, 2.05) is 6.07 Å². The van der Waals surface area contributed by atoms with E-state index in [1.54, 1.807) is 35.6 Å². The van der Waals surface area contributed by atoms with Gasteiger partial charge in [0, 0.05) is 22.7 Å². The van der Waals surface area contributed by atoms with Crippen molar-refractivity contribution in [2.24, 2.45) is 0 Å². The number of aryl methyl sites for hydroxylation is 2. The van der Waals surface area contributed by atoms with Gasteiger partial charge in [0.15, 0.2) is 0 Å². The van der Waals surface area contributed by atoms with E-state index in [0.29, 0.717) is 17.4 Å². The van der Waals surface area contributed by atoms with Crippen molar-refractivity contribution in [3.05, 3.63) is 67.0 Å². The molecule has 1 amide bonds. The molecule has 6 nitrogen and oxygen atoms in total. The fourth-order valence-corrected chi connectivity index (χ4v) is 3.56. The zero-order valence-electron chi connectivity index (χ0n) is 13.9. The van der Waals surface area contributed by atoms with Gasteiger partial charge in [-0.05, 0) is 30.7 Å². The Bertz CT molecular complexity index is 1020. The normalized spacial score (nSPS) is 10.9. The molecule has 0 radical (unpaired) electrons. The van der Waals surface area contributed by atoms with Crippen molar-refractivity contribution >= 4 is 28.1 Å². The number of benzene rings is 1.